The first-order valence-corrected chi connectivity index (χ1v) is 9.90. The third-order valence-electron chi connectivity index (χ3n) is 3.17. The summed E-state index contributed by atoms with van der Waals surface area (Å²) in [6.07, 6.45) is -1.16. The van der Waals surface area contributed by atoms with Crippen LogP contribution in [0.4, 0.5) is 5.69 Å². The van der Waals surface area contributed by atoms with Gasteiger partial charge in [-0.25, -0.2) is 0 Å². The van der Waals surface area contributed by atoms with Gasteiger partial charge in [-0.05, 0) is 42.5 Å². The van der Waals surface area contributed by atoms with Crippen LogP contribution >= 0.6 is 81.8 Å². The van der Waals surface area contributed by atoms with Crippen molar-refractivity contribution in [3.05, 3.63) is 63.1 Å². The number of amides is 1. The van der Waals surface area contributed by atoms with Crippen molar-refractivity contribution in [1.29, 1.82) is 0 Å². The molecule has 0 heterocycles. The Bertz CT molecular complexity index is 858. The lowest BCUT2D eigenvalue weighted by molar-refractivity contribution is 0.0934. The summed E-state index contributed by atoms with van der Waals surface area (Å²) >= 11 is 41.1. The van der Waals surface area contributed by atoms with E-state index in [9.17, 15) is 4.79 Å². The Balaban J connectivity index is 2.12. The van der Waals surface area contributed by atoms with Crippen molar-refractivity contribution in [2.24, 2.45) is 0 Å². The van der Waals surface area contributed by atoms with Crippen molar-refractivity contribution in [3.63, 3.8) is 0 Å². The molecule has 0 saturated heterocycles. The summed E-state index contributed by atoms with van der Waals surface area (Å²) in [7, 11) is 0. The van der Waals surface area contributed by atoms with Gasteiger partial charge < -0.3 is 16.0 Å². The summed E-state index contributed by atoms with van der Waals surface area (Å²) in [4.78, 5) is 12.4. The number of hydrogen-bond donors (Lipinski definition) is 3. The average Bonchev–Trinajstić information content (AvgIpc) is 2.57. The van der Waals surface area contributed by atoms with Crippen molar-refractivity contribution in [2.75, 3.05) is 5.32 Å². The van der Waals surface area contributed by atoms with Gasteiger partial charge in [-0.2, -0.15) is 0 Å². The molecule has 2 aromatic rings. The number of rotatable bonds is 4. The average molecular weight is 506 g/mol. The molecule has 0 aliphatic carbocycles. The van der Waals surface area contributed by atoms with Crippen molar-refractivity contribution < 1.29 is 4.79 Å². The van der Waals surface area contributed by atoms with E-state index in [2.05, 4.69) is 16.0 Å². The zero-order valence-electron chi connectivity index (χ0n) is 13.2. The molecule has 2 aromatic carbocycles. The molecule has 0 spiro atoms. The molecular formula is C16H11Cl6N3OS. The Labute approximate surface area is 191 Å². The minimum atomic E-state index is -1.92. The predicted molar refractivity (Wildman–Crippen MR) is 119 cm³/mol. The standard InChI is InChI=1S/C16H11Cl6N3OS/c17-8-5-6-11(19)12(7-8)23-15(27)25-14(16(20,21)22)24-13(26)9-3-1-2-4-10(9)18/h1-7,14H,(H,24,26)(H2,23,25,27)/t14-/m0/s1. The topological polar surface area (TPSA) is 53.2 Å². The number of carbonyl (C=O) groups is 1. The summed E-state index contributed by atoms with van der Waals surface area (Å²) in [6.45, 7) is 0. The van der Waals surface area contributed by atoms with Crippen LogP contribution in [0, 0.1) is 0 Å². The molecule has 0 aromatic heterocycles. The first-order chi connectivity index (χ1) is 12.6. The number of benzene rings is 2. The molecule has 27 heavy (non-hydrogen) atoms. The van der Waals surface area contributed by atoms with Gasteiger partial charge in [-0.15, -0.1) is 0 Å². The van der Waals surface area contributed by atoms with Crippen LogP contribution in [0.5, 0.6) is 0 Å². The molecule has 3 N–H and O–H groups in total. The van der Waals surface area contributed by atoms with Gasteiger partial charge in [0.25, 0.3) is 5.91 Å². The lowest BCUT2D eigenvalue weighted by atomic mass is 10.2. The van der Waals surface area contributed by atoms with Gasteiger partial charge in [0.2, 0.25) is 3.79 Å². The number of nitrogens with one attached hydrogen (secondary N) is 3. The molecule has 0 unspecified atom stereocenters. The lowest BCUT2D eigenvalue weighted by Gasteiger charge is -2.28. The fraction of sp³-hybridized carbons (Fsp3) is 0.125. The van der Waals surface area contributed by atoms with Crippen molar-refractivity contribution in [2.45, 2.75) is 9.96 Å². The lowest BCUT2D eigenvalue weighted by Crippen LogP contribution is -2.56. The Kier molecular flexibility index (Phi) is 8.13. The number of alkyl halides is 3. The van der Waals surface area contributed by atoms with Crippen LogP contribution in [0.1, 0.15) is 10.4 Å². The van der Waals surface area contributed by atoms with Gasteiger partial charge in [0.1, 0.15) is 6.17 Å². The highest BCUT2D eigenvalue weighted by Crippen LogP contribution is 2.30. The number of halogens is 6. The maximum absolute atomic E-state index is 12.4. The summed E-state index contributed by atoms with van der Waals surface area (Å²) in [5.41, 5.74) is 0.666. The third-order valence-corrected chi connectivity index (χ3v) is 4.94. The maximum atomic E-state index is 12.4. The van der Waals surface area contributed by atoms with E-state index in [0.29, 0.717) is 15.7 Å². The van der Waals surface area contributed by atoms with E-state index in [1.54, 1.807) is 36.4 Å². The second kappa shape index (κ2) is 9.70. The molecule has 1 atom stereocenters. The predicted octanol–water partition coefficient (Wildman–Crippen LogP) is 6.06. The quantitative estimate of drug-likeness (QED) is 0.268. The molecule has 2 rings (SSSR count). The molecule has 0 aliphatic rings. The van der Waals surface area contributed by atoms with Gasteiger partial charge in [0.15, 0.2) is 5.11 Å². The number of carbonyl (C=O) groups excluding carboxylic acids is 1. The molecule has 1 amide bonds. The van der Waals surface area contributed by atoms with Crippen LogP contribution in [0.3, 0.4) is 0 Å². The van der Waals surface area contributed by atoms with Crippen molar-refractivity contribution in [3.8, 4) is 0 Å². The highest BCUT2D eigenvalue weighted by molar-refractivity contribution is 7.80. The van der Waals surface area contributed by atoms with E-state index in [4.69, 9.17) is 81.8 Å². The van der Waals surface area contributed by atoms with Crippen molar-refractivity contribution >= 4 is 98.5 Å². The second-order valence-corrected chi connectivity index (χ2v) is 9.18. The molecule has 0 saturated carbocycles. The van der Waals surface area contributed by atoms with Crippen LogP contribution < -0.4 is 16.0 Å². The maximum Gasteiger partial charge on any atom is 0.254 e. The fourth-order valence-electron chi connectivity index (χ4n) is 1.94. The van der Waals surface area contributed by atoms with Crippen LogP contribution in [-0.4, -0.2) is 21.0 Å². The molecule has 144 valence electrons. The molecule has 11 heteroatoms. The Hall–Kier alpha value is -0.660. The van der Waals surface area contributed by atoms with Crippen LogP contribution in [0.25, 0.3) is 0 Å². The molecule has 0 bridgehead atoms. The van der Waals surface area contributed by atoms with E-state index >= 15 is 0 Å². The summed E-state index contributed by atoms with van der Waals surface area (Å²) in [6, 6.07) is 11.3. The first-order valence-electron chi connectivity index (χ1n) is 7.22. The molecule has 0 aliphatic heterocycles. The Morgan fingerprint density at radius 1 is 0.963 bits per heavy atom. The minimum Gasteiger partial charge on any atom is -0.339 e. The second-order valence-electron chi connectivity index (χ2n) is 5.15. The van der Waals surface area contributed by atoms with Gasteiger partial charge >= 0.3 is 0 Å². The molecule has 0 radical (unpaired) electrons. The van der Waals surface area contributed by atoms with E-state index in [0.717, 1.165) is 0 Å². The number of anilines is 1. The van der Waals surface area contributed by atoms with Crippen molar-refractivity contribution in [1.82, 2.24) is 10.6 Å². The largest absolute Gasteiger partial charge is 0.339 e. The SMILES string of the molecule is O=C(N[C@@H](NC(=S)Nc1cc(Cl)ccc1Cl)C(Cl)(Cl)Cl)c1ccccc1Cl. The number of thiocarbonyl (C=S) groups is 1. The fourth-order valence-corrected chi connectivity index (χ4v) is 3.05. The van der Waals surface area contributed by atoms with Crippen LogP contribution in [0.2, 0.25) is 15.1 Å². The van der Waals surface area contributed by atoms with Crippen LogP contribution in [0.15, 0.2) is 42.5 Å². The normalized spacial score (nSPS) is 12.2. The zero-order chi connectivity index (χ0) is 20.2. The third kappa shape index (κ3) is 6.71. The van der Waals surface area contributed by atoms with E-state index in [-0.39, 0.29) is 15.7 Å². The Morgan fingerprint density at radius 2 is 1.63 bits per heavy atom. The van der Waals surface area contributed by atoms with E-state index < -0.39 is 15.9 Å². The molecular weight excluding hydrogens is 495 g/mol. The minimum absolute atomic E-state index is 0.0509. The highest BCUT2D eigenvalue weighted by atomic mass is 35.6. The molecule has 4 nitrogen and oxygen atoms in total. The van der Waals surface area contributed by atoms with Gasteiger partial charge in [-0.3, -0.25) is 4.79 Å². The van der Waals surface area contributed by atoms with Gasteiger partial charge in [-0.1, -0.05) is 81.7 Å². The Morgan fingerprint density at radius 3 is 2.26 bits per heavy atom. The van der Waals surface area contributed by atoms with Gasteiger partial charge in [0.05, 0.1) is 21.3 Å². The summed E-state index contributed by atoms with van der Waals surface area (Å²) in [5, 5.41) is 9.23. The van der Waals surface area contributed by atoms with E-state index in [1.807, 2.05) is 0 Å². The molecule has 0 fully saturated rings. The summed E-state index contributed by atoms with van der Waals surface area (Å²) < 4.78 is -1.92. The van der Waals surface area contributed by atoms with Crippen LogP contribution in [-0.2, 0) is 0 Å². The van der Waals surface area contributed by atoms with E-state index in [1.165, 1.54) is 6.07 Å². The summed E-state index contributed by atoms with van der Waals surface area (Å²) in [5.74, 6) is -0.548. The van der Waals surface area contributed by atoms with Gasteiger partial charge in [0, 0.05) is 5.02 Å². The zero-order valence-corrected chi connectivity index (χ0v) is 18.6. The number of hydrogen-bond acceptors (Lipinski definition) is 2. The smallest absolute Gasteiger partial charge is 0.254 e. The first kappa shape index (κ1) is 22.6. The monoisotopic (exact) mass is 503 g/mol. The highest BCUT2D eigenvalue weighted by Gasteiger charge is 2.35.